The Labute approximate surface area is 174 Å². The standard InChI is InChI=1S/C20H19ClFN5.ClH/c1-24-15-5-2-13(3-6-15)11-27-19-10-14(21)4-7-18(19)25-20(27)26-9-8-16(22)17(23)12-26;/h2-7,10,16-17H,8-9,11-12,23H2;1H/t16-,17-;/m1./s1. The number of halogens is 3. The summed E-state index contributed by atoms with van der Waals surface area (Å²) in [6, 6.07) is 12.6. The molecule has 4 rings (SSSR count). The lowest BCUT2D eigenvalue weighted by molar-refractivity contribution is 0.243. The number of piperidine rings is 1. The Balaban J connectivity index is 0.00000225. The van der Waals surface area contributed by atoms with E-state index < -0.39 is 12.2 Å². The van der Waals surface area contributed by atoms with E-state index in [1.165, 1.54) is 0 Å². The highest BCUT2D eigenvalue weighted by Crippen LogP contribution is 2.29. The SMILES string of the molecule is Cl.[C-]#[N+]c1ccc(Cn2c(N3CC[C@@H](F)[C@H](N)C3)nc3ccc(Cl)cc32)cc1. The number of fused-ring (bicyclic) bond motifs is 1. The van der Waals surface area contributed by atoms with Gasteiger partial charge in [-0.1, -0.05) is 35.9 Å². The zero-order valence-corrected chi connectivity index (χ0v) is 16.6. The van der Waals surface area contributed by atoms with Crippen molar-refractivity contribution in [1.82, 2.24) is 9.55 Å². The third-order valence-corrected chi connectivity index (χ3v) is 5.18. The Kier molecular flexibility index (Phi) is 6.09. The van der Waals surface area contributed by atoms with Crippen LogP contribution in [0.5, 0.6) is 0 Å². The molecule has 1 aliphatic heterocycles. The number of hydrogen-bond donors (Lipinski definition) is 1. The number of aromatic nitrogens is 2. The topological polar surface area (TPSA) is 51.4 Å². The van der Waals surface area contributed by atoms with E-state index in [0.29, 0.717) is 36.8 Å². The molecule has 28 heavy (non-hydrogen) atoms. The van der Waals surface area contributed by atoms with Crippen molar-refractivity contribution in [2.45, 2.75) is 25.2 Å². The summed E-state index contributed by atoms with van der Waals surface area (Å²) in [5.41, 5.74) is 9.37. The fourth-order valence-electron chi connectivity index (χ4n) is 3.47. The molecule has 0 radical (unpaired) electrons. The van der Waals surface area contributed by atoms with Crippen molar-refractivity contribution >= 4 is 46.7 Å². The smallest absolute Gasteiger partial charge is 0.206 e. The van der Waals surface area contributed by atoms with Gasteiger partial charge in [0.25, 0.3) is 0 Å². The first kappa shape index (κ1) is 20.4. The summed E-state index contributed by atoms with van der Waals surface area (Å²) in [5, 5.41) is 0.637. The number of hydrogen-bond acceptors (Lipinski definition) is 3. The molecule has 1 fully saturated rings. The molecule has 0 spiro atoms. The highest BCUT2D eigenvalue weighted by atomic mass is 35.5. The number of nitrogens with zero attached hydrogens (tertiary/aromatic N) is 4. The summed E-state index contributed by atoms with van der Waals surface area (Å²) in [7, 11) is 0. The number of alkyl halides is 1. The van der Waals surface area contributed by atoms with Crippen LogP contribution in [0.15, 0.2) is 42.5 Å². The van der Waals surface area contributed by atoms with E-state index in [0.717, 1.165) is 22.5 Å². The molecule has 2 atom stereocenters. The maximum absolute atomic E-state index is 13.8. The highest BCUT2D eigenvalue weighted by molar-refractivity contribution is 6.31. The fraction of sp³-hybridized carbons (Fsp3) is 0.300. The van der Waals surface area contributed by atoms with Crippen LogP contribution in [0.1, 0.15) is 12.0 Å². The van der Waals surface area contributed by atoms with Crippen LogP contribution in [-0.2, 0) is 6.54 Å². The van der Waals surface area contributed by atoms with Gasteiger partial charge in [0.05, 0.1) is 30.2 Å². The van der Waals surface area contributed by atoms with Gasteiger partial charge in [0.1, 0.15) is 6.17 Å². The van der Waals surface area contributed by atoms with Crippen LogP contribution in [0, 0.1) is 6.57 Å². The number of nitrogens with two attached hydrogens (primary N) is 1. The average Bonchev–Trinajstić information content (AvgIpc) is 3.02. The molecule has 8 heteroatoms. The van der Waals surface area contributed by atoms with E-state index >= 15 is 0 Å². The number of rotatable bonds is 3. The molecular weight excluding hydrogens is 400 g/mol. The van der Waals surface area contributed by atoms with Crippen LogP contribution >= 0.6 is 24.0 Å². The van der Waals surface area contributed by atoms with E-state index in [2.05, 4.69) is 9.41 Å². The molecule has 5 nitrogen and oxygen atoms in total. The molecule has 2 heterocycles. The van der Waals surface area contributed by atoms with Crippen molar-refractivity contribution in [2.75, 3.05) is 18.0 Å². The van der Waals surface area contributed by atoms with Gasteiger partial charge in [-0.2, -0.15) is 0 Å². The van der Waals surface area contributed by atoms with Crippen LogP contribution in [0.25, 0.3) is 15.9 Å². The van der Waals surface area contributed by atoms with Gasteiger partial charge in [-0.25, -0.2) is 14.2 Å². The minimum atomic E-state index is -0.977. The first-order chi connectivity index (χ1) is 13.0. The molecule has 0 bridgehead atoms. The van der Waals surface area contributed by atoms with Gasteiger partial charge in [0, 0.05) is 18.1 Å². The van der Waals surface area contributed by atoms with Crippen LogP contribution in [0.3, 0.4) is 0 Å². The third kappa shape index (κ3) is 3.93. The molecule has 0 unspecified atom stereocenters. The van der Waals surface area contributed by atoms with Gasteiger partial charge in [-0.3, -0.25) is 0 Å². The summed E-state index contributed by atoms with van der Waals surface area (Å²) < 4.78 is 15.9. The predicted octanol–water partition coefficient (Wildman–Crippen LogP) is 4.59. The van der Waals surface area contributed by atoms with Crippen molar-refractivity contribution in [1.29, 1.82) is 0 Å². The summed E-state index contributed by atoms with van der Waals surface area (Å²) in [6.45, 7) is 8.67. The fourth-order valence-corrected chi connectivity index (χ4v) is 3.64. The first-order valence-electron chi connectivity index (χ1n) is 8.82. The molecule has 146 valence electrons. The van der Waals surface area contributed by atoms with Gasteiger partial charge in [-0.05, 0) is 30.2 Å². The lowest BCUT2D eigenvalue weighted by Crippen LogP contribution is -2.50. The maximum atomic E-state index is 13.8. The number of anilines is 1. The second-order valence-electron chi connectivity index (χ2n) is 6.82. The minimum absolute atomic E-state index is 0. The average molecular weight is 420 g/mol. The Morgan fingerprint density at radius 2 is 2.00 bits per heavy atom. The highest BCUT2D eigenvalue weighted by Gasteiger charge is 2.29. The van der Waals surface area contributed by atoms with Gasteiger partial charge in [0.15, 0.2) is 5.69 Å². The predicted molar refractivity (Wildman–Crippen MR) is 113 cm³/mol. The molecule has 2 N–H and O–H groups in total. The van der Waals surface area contributed by atoms with Crippen molar-refractivity contribution < 1.29 is 4.39 Å². The van der Waals surface area contributed by atoms with Crippen molar-refractivity contribution in [2.24, 2.45) is 5.73 Å². The molecule has 1 aromatic heterocycles. The van der Waals surface area contributed by atoms with Gasteiger partial charge in [-0.15, -0.1) is 12.4 Å². The van der Waals surface area contributed by atoms with E-state index in [1.807, 2.05) is 35.2 Å². The Morgan fingerprint density at radius 1 is 1.25 bits per heavy atom. The normalized spacial score (nSPS) is 19.3. The molecule has 0 amide bonds. The first-order valence-corrected chi connectivity index (χ1v) is 9.20. The number of benzene rings is 2. The lowest BCUT2D eigenvalue weighted by Gasteiger charge is -2.34. The number of imidazole rings is 1. The van der Waals surface area contributed by atoms with Gasteiger partial charge in [0.2, 0.25) is 5.95 Å². The third-order valence-electron chi connectivity index (χ3n) is 4.95. The van der Waals surface area contributed by atoms with E-state index in [1.54, 1.807) is 12.1 Å². The van der Waals surface area contributed by atoms with Crippen LogP contribution in [-0.4, -0.2) is 34.9 Å². The summed E-state index contributed by atoms with van der Waals surface area (Å²) in [6.07, 6.45) is -0.583. The molecule has 1 saturated heterocycles. The van der Waals surface area contributed by atoms with Crippen LogP contribution in [0.2, 0.25) is 5.02 Å². The van der Waals surface area contributed by atoms with E-state index in [-0.39, 0.29) is 12.4 Å². The van der Waals surface area contributed by atoms with Crippen molar-refractivity contribution in [3.8, 4) is 0 Å². The zero-order chi connectivity index (χ0) is 19.0. The molecular formula is C20H20Cl2FN5. The molecule has 3 aromatic rings. The Hall–Kier alpha value is -2.33. The Bertz CT molecular complexity index is 1010. The van der Waals surface area contributed by atoms with E-state index in [4.69, 9.17) is 28.9 Å². The second-order valence-corrected chi connectivity index (χ2v) is 7.26. The summed E-state index contributed by atoms with van der Waals surface area (Å²) >= 11 is 6.21. The molecule has 2 aromatic carbocycles. The molecule has 0 saturated carbocycles. The van der Waals surface area contributed by atoms with Gasteiger partial charge < -0.3 is 15.2 Å². The van der Waals surface area contributed by atoms with Gasteiger partial charge >= 0.3 is 0 Å². The largest absolute Gasteiger partial charge is 0.340 e. The van der Waals surface area contributed by atoms with E-state index in [9.17, 15) is 4.39 Å². The molecule has 1 aliphatic rings. The van der Waals surface area contributed by atoms with Crippen LogP contribution < -0.4 is 10.6 Å². The van der Waals surface area contributed by atoms with Crippen molar-refractivity contribution in [3.05, 3.63) is 64.5 Å². The summed E-state index contributed by atoms with van der Waals surface area (Å²) in [5.74, 6) is 0.767. The van der Waals surface area contributed by atoms with Crippen LogP contribution in [0.4, 0.5) is 16.0 Å². The second kappa shape index (κ2) is 8.36. The summed E-state index contributed by atoms with van der Waals surface area (Å²) in [4.78, 5) is 10.2. The quantitative estimate of drug-likeness (QED) is 0.631. The zero-order valence-electron chi connectivity index (χ0n) is 15.1. The van der Waals surface area contributed by atoms with Crippen molar-refractivity contribution in [3.63, 3.8) is 0 Å². The lowest BCUT2D eigenvalue weighted by atomic mass is 10.1. The monoisotopic (exact) mass is 419 g/mol. The molecule has 0 aliphatic carbocycles. The minimum Gasteiger partial charge on any atom is -0.340 e. The Morgan fingerprint density at radius 3 is 2.68 bits per heavy atom. The maximum Gasteiger partial charge on any atom is 0.206 e.